The molecule has 1 aromatic rings. The summed E-state index contributed by atoms with van der Waals surface area (Å²) in [5, 5.41) is 0. The fraction of sp³-hybridized carbons (Fsp3) is 0.455. The number of anilines is 1. The van der Waals surface area contributed by atoms with Gasteiger partial charge < -0.3 is 5.73 Å². The number of benzene rings is 1. The Morgan fingerprint density at radius 3 is 2.68 bits per heavy atom. The zero-order valence-electron chi connectivity index (χ0n) is 10.3. The molecule has 2 N–H and O–H groups in total. The molecule has 0 amide bonds. The second kappa shape index (κ2) is 5.93. The zero-order valence-corrected chi connectivity index (χ0v) is 15.1. The number of hydrogen-bond donors (Lipinski definition) is 1. The second-order valence-corrected chi connectivity index (χ2v) is 9.09. The van der Waals surface area contributed by atoms with Crippen LogP contribution in [-0.2, 0) is 10.0 Å². The van der Waals surface area contributed by atoms with Crippen LogP contribution < -0.4 is 5.73 Å². The summed E-state index contributed by atoms with van der Waals surface area (Å²) in [5.41, 5.74) is 6.15. The van der Waals surface area contributed by atoms with Crippen LogP contribution in [0.3, 0.4) is 0 Å². The Bertz CT molecular complexity index is 569. The van der Waals surface area contributed by atoms with Gasteiger partial charge in [-0.3, -0.25) is 0 Å². The van der Waals surface area contributed by atoms with Gasteiger partial charge in [0.2, 0.25) is 10.0 Å². The number of halogens is 2. The van der Waals surface area contributed by atoms with Gasteiger partial charge >= 0.3 is 0 Å². The lowest BCUT2D eigenvalue weighted by Crippen LogP contribution is -2.44. The van der Waals surface area contributed by atoms with Crippen LogP contribution in [0.4, 0.5) is 5.69 Å². The summed E-state index contributed by atoms with van der Waals surface area (Å²) in [6.45, 7) is 2.45. The maximum absolute atomic E-state index is 12.7. The Balaban J connectivity index is 2.50. The largest absolute Gasteiger partial charge is 0.398 e. The van der Waals surface area contributed by atoms with Crippen molar-refractivity contribution in [3.63, 3.8) is 0 Å². The van der Waals surface area contributed by atoms with E-state index in [1.54, 1.807) is 23.9 Å². The quantitative estimate of drug-likeness (QED) is 0.734. The fourth-order valence-corrected chi connectivity index (χ4v) is 6.91. The van der Waals surface area contributed by atoms with E-state index in [1.165, 1.54) is 4.31 Å². The Hall–Kier alpha value is 0.240. The first-order valence-electron chi connectivity index (χ1n) is 5.68. The van der Waals surface area contributed by atoms with E-state index in [0.29, 0.717) is 11.0 Å². The topological polar surface area (TPSA) is 63.4 Å². The molecule has 19 heavy (non-hydrogen) atoms. The van der Waals surface area contributed by atoms with Gasteiger partial charge in [0, 0.05) is 33.0 Å². The lowest BCUT2D eigenvalue weighted by Gasteiger charge is -2.32. The van der Waals surface area contributed by atoms with Gasteiger partial charge in [0.15, 0.2) is 0 Å². The molecule has 0 aliphatic carbocycles. The van der Waals surface area contributed by atoms with E-state index in [-0.39, 0.29) is 16.6 Å². The maximum atomic E-state index is 12.7. The zero-order chi connectivity index (χ0) is 14.2. The van der Waals surface area contributed by atoms with Crippen molar-refractivity contribution in [2.75, 3.05) is 23.8 Å². The normalized spacial score (nSPS) is 21.5. The van der Waals surface area contributed by atoms with Crippen molar-refractivity contribution in [3.05, 3.63) is 21.1 Å². The summed E-state index contributed by atoms with van der Waals surface area (Å²) >= 11 is 8.37. The lowest BCUT2D eigenvalue weighted by atomic mass is 10.3. The van der Waals surface area contributed by atoms with Crippen LogP contribution in [0.15, 0.2) is 26.0 Å². The van der Waals surface area contributed by atoms with Crippen LogP contribution in [0.5, 0.6) is 0 Å². The second-order valence-electron chi connectivity index (χ2n) is 4.35. The molecule has 1 aliphatic heterocycles. The molecule has 4 nitrogen and oxygen atoms in total. The fourth-order valence-electron chi connectivity index (χ4n) is 2.04. The third kappa shape index (κ3) is 3.12. The van der Waals surface area contributed by atoms with E-state index in [2.05, 4.69) is 31.9 Å². The highest BCUT2D eigenvalue weighted by Crippen LogP contribution is 2.35. The minimum atomic E-state index is -3.56. The van der Waals surface area contributed by atoms with E-state index in [9.17, 15) is 8.42 Å². The minimum absolute atomic E-state index is 0.0151. The van der Waals surface area contributed by atoms with Gasteiger partial charge in [0.05, 0.1) is 5.69 Å². The van der Waals surface area contributed by atoms with Crippen molar-refractivity contribution in [2.24, 2.45) is 0 Å². The van der Waals surface area contributed by atoms with Crippen LogP contribution >= 0.6 is 43.6 Å². The Morgan fingerprint density at radius 1 is 1.42 bits per heavy atom. The number of nitrogen functional groups attached to an aromatic ring is 1. The van der Waals surface area contributed by atoms with Crippen LogP contribution in [-0.4, -0.2) is 36.8 Å². The van der Waals surface area contributed by atoms with Gasteiger partial charge in [0.1, 0.15) is 4.90 Å². The van der Waals surface area contributed by atoms with Crippen molar-refractivity contribution in [1.29, 1.82) is 0 Å². The van der Waals surface area contributed by atoms with Crippen LogP contribution in [0, 0.1) is 0 Å². The molecule has 106 valence electrons. The standard InChI is InChI=1S/C11H14Br2N2O2S2/c1-7-6-18-3-2-15(7)19(16,17)11-9(13)4-8(12)5-10(11)14/h4-5,7H,2-3,6,14H2,1H3. The summed E-state index contributed by atoms with van der Waals surface area (Å²) in [7, 11) is -3.56. The van der Waals surface area contributed by atoms with E-state index in [4.69, 9.17) is 5.73 Å². The first-order valence-corrected chi connectivity index (χ1v) is 9.86. The highest BCUT2D eigenvalue weighted by Gasteiger charge is 2.34. The molecule has 0 saturated carbocycles. The van der Waals surface area contributed by atoms with E-state index >= 15 is 0 Å². The number of sulfonamides is 1. The monoisotopic (exact) mass is 428 g/mol. The molecular formula is C11H14Br2N2O2S2. The first-order chi connectivity index (χ1) is 8.84. The molecule has 1 heterocycles. The number of nitrogens with zero attached hydrogens (tertiary/aromatic N) is 1. The summed E-state index contributed by atoms with van der Waals surface area (Å²) in [6.07, 6.45) is 0. The maximum Gasteiger partial charge on any atom is 0.246 e. The Morgan fingerprint density at radius 2 is 2.11 bits per heavy atom. The van der Waals surface area contributed by atoms with Gasteiger partial charge in [-0.1, -0.05) is 15.9 Å². The number of hydrogen-bond acceptors (Lipinski definition) is 4. The molecule has 0 bridgehead atoms. The Kier molecular flexibility index (Phi) is 4.88. The first kappa shape index (κ1) is 15.6. The van der Waals surface area contributed by atoms with Crippen molar-refractivity contribution in [3.8, 4) is 0 Å². The van der Waals surface area contributed by atoms with Crippen molar-refractivity contribution < 1.29 is 8.42 Å². The highest BCUT2D eigenvalue weighted by atomic mass is 79.9. The average molecular weight is 430 g/mol. The van der Waals surface area contributed by atoms with E-state index in [0.717, 1.165) is 16.0 Å². The predicted molar refractivity (Wildman–Crippen MR) is 86.9 cm³/mol. The van der Waals surface area contributed by atoms with Crippen molar-refractivity contribution in [1.82, 2.24) is 4.31 Å². The summed E-state index contributed by atoms with van der Waals surface area (Å²) in [5.74, 6) is 1.63. The molecule has 1 atom stereocenters. The predicted octanol–water partition coefficient (Wildman–Crippen LogP) is 2.92. The third-order valence-corrected chi connectivity index (χ3v) is 7.58. The molecular weight excluding hydrogens is 416 g/mol. The van der Waals surface area contributed by atoms with Crippen LogP contribution in [0.2, 0.25) is 0 Å². The van der Waals surface area contributed by atoms with Crippen LogP contribution in [0.25, 0.3) is 0 Å². The minimum Gasteiger partial charge on any atom is -0.398 e. The molecule has 2 rings (SSSR count). The van der Waals surface area contributed by atoms with Crippen molar-refractivity contribution in [2.45, 2.75) is 17.9 Å². The molecule has 1 fully saturated rings. The van der Waals surface area contributed by atoms with Gasteiger partial charge in [-0.15, -0.1) is 0 Å². The third-order valence-electron chi connectivity index (χ3n) is 2.91. The molecule has 1 aromatic carbocycles. The molecule has 1 aliphatic rings. The SMILES string of the molecule is CC1CSCCN1S(=O)(=O)c1c(N)cc(Br)cc1Br. The number of thioether (sulfide) groups is 1. The lowest BCUT2D eigenvalue weighted by molar-refractivity contribution is 0.367. The van der Waals surface area contributed by atoms with Gasteiger partial charge in [-0.2, -0.15) is 16.1 Å². The summed E-state index contributed by atoms with van der Waals surface area (Å²) < 4.78 is 28.3. The number of nitrogens with two attached hydrogens (primary N) is 1. The molecule has 8 heteroatoms. The van der Waals surface area contributed by atoms with Gasteiger partial charge in [-0.25, -0.2) is 8.42 Å². The van der Waals surface area contributed by atoms with Crippen molar-refractivity contribution >= 4 is 59.3 Å². The van der Waals surface area contributed by atoms with E-state index in [1.807, 2.05) is 6.92 Å². The molecule has 1 saturated heterocycles. The highest BCUT2D eigenvalue weighted by molar-refractivity contribution is 9.11. The summed E-state index contributed by atoms with van der Waals surface area (Å²) in [6, 6.07) is 3.30. The molecule has 0 radical (unpaired) electrons. The molecule has 1 unspecified atom stereocenters. The number of rotatable bonds is 2. The smallest absolute Gasteiger partial charge is 0.246 e. The van der Waals surface area contributed by atoms with Gasteiger partial charge in [-0.05, 0) is 35.0 Å². The van der Waals surface area contributed by atoms with Gasteiger partial charge in [0.25, 0.3) is 0 Å². The average Bonchev–Trinajstić information content (AvgIpc) is 2.27. The molecule has 0 spiro atoms. The van der Waals surface area contributed by atoms with E-state index < -0.39 is 10.0 Å². The van der Waals surface area contributed by atoms with Crippen LogP contribution in [0.1, 0.15) is 6.92 Å². The Labute approximate surface area is 134 Å². The summed E-state index contributed by atoms with van der Waals surface area (Å²) in [4.78, 5) is 0.162. The molecule has 0 aromatic heterocycles.